The van der Waals surface area contributed by atoms with Crippen molar-refractivity contribution < 1.29 is 9.90 Å². The van der Waals surface area contributed by atoms with Gasteiger partial charge in [-0.2, -0.15) is 0 Å². The second-order valence-corrected chi connectivity index (χ2v) is 6.00. The van der Waals surface area contributed by atoms with Crippen molar-refractivity contribution in [1.29, 1.82) is 5.41 Å². The number of carbonyl (C=O) groups is 1. The van der Waals surface area contributed by atoms with Gasteiger partial charge < -0.3 is 15.1 Å². The number of nitrogens with one attached hydrogen (secondary N) is 1. The predicted octanol–water partition coefficient (Wildman–Crippen LogP) is 5.60. The molecule has 0 fully saturated rings. The highest BCUT2D eigenvalue weighted by Crippen LogP contribution is 2.22. The van der Waals surface area contributed by atoms with Crippen molar-refractivity contribution in [2.75, 3.05) is 0 Å². The maximum absolute atomic E-state index is 9.37. The molecule has 4 heteroatoms. The molecule has 27 heavy (non-hydrogen) atoms. The summed E-state index contributed by atoms with van der Waals surface area (Å²) >= 11 is 0. The Morgan fingerprint density at radius 3 is 2.22 bits per heavy atom. The van der Waals surface area contributed by atoms with Crippen LogP contribution >= 0.6 is 0 Å². The number of benzene rings is 2. The lowest BCUT2D eigenvalue weighted by Gasteiger charge is -2.06. The molecule has 0 atom stereocenters. The van der Waals surface area contributed by atoms with Gasteiger partial charge in [0, 0.05) is 48.3 Å². The minimum Gasteiger partial charge on any atom is -0.481 e. The van der Waals surface area contributed by atoms with E-state index in [9.17, 15) is 4.79 Å². The number of para-hydroxylation sites is 1. The standard InChI is InChI=1S/C18H18N2.C3H6O2.C2H6/c1-13-7-3-4-8-14(13)11-17(19)16-12-20(2)18-10-6-5-9-15(16)18;1-2-3(4)5;1-2/h3-10,12,19H,11H2,1-2H3;2H2,1H3,(H,4,5);1-2H3. The van der Waals surface area contributed by atoms with Crippen molar-refractivity contribution in [3.8, 4) is 0 Å². The molecular formula is C23H30N2O2. The first kappa shape index (κ1) is 22.2. The van der Waals surface area contributed by atoms with Gasteiger partial charge in [0.25, 0.3) is 0 Å². The molecule has 0 radical (unpaired) electrons. The van der Waals surface area contributed by atoms with Crippen molar-refractivity contribution in [2.24, 2.45) is 7.05 Å². The van der Waals surface area contributed by atoms with Crippen molar-refractivity contribution in [3.05, 3.63) is 71.4 Å². The Morgan fingerprint density at radius 2 is 1.63 bits per heavy atom. The second-order valence-electron chi connectivity index (χ2n) is 6.00. The molecule has 2 N–H and O–H groups in total. The normalized spacial score (nSPS) is 9.67. The van der Waals surface area contributed by atoms with Crippen LogP contribution in [0, 0.1) is 12.3 Å². The molecule has 4 nitrogen and oxygen atoms in total. The summed E-state index contributed by atoms with van der Waals surface area (Å²) in [7, 11) is 2.03. The van der Waals surface area contributed by atoms with Crippen LogP contribution in [0.1, 0.15) is 43.9 Å². The molecule has 0 aliphatic rings. The van der Waals surface area contributed by atoms with E-state index in [0.29, 0.717) is 12.1 Å². The molecule has 3 aromatic rings. The van der Waals surface area contributed by atoms with Gasteiger partial charge in [-0.15, -0.1) is 0 Å². The molecule has 0 aliphatic heterocycles. The first-order valence-electron chi connectivity index (χ1n) is 9.32. The lowest BCUT2D eigenvalue weighted by molar-refractivity contribution is -0.136. The highest BCUT2D eigenvalue weighted by molar-refractivity contribution is 6.10. The number of aryl methyl sites for hydroxylation is 2. The van der Waals surface area contributed by atoms with Gasteiger partial charge in [0.2, 0.25) is 0 Å². The molecule has 0 spiro atoms. The van der Waals surface area contributed by atoms with Gasteiger partial charge >= 0.3 is 5.97 Å². The topological polar surface area (TPSA) is 66.1 Å². The number of rotatable bonds is 4. The lowest BCUT2D eigenvalue weighted by Crippen LogP contribution is -2.04. The second kappa shape index (κ2) is 11.0. The molecule has 0 saturated carbocycles. The smallest absolute Gasteiger partial charge is 0.303 e. The van der Waals surface area contributed by atoms with Crippen LogP contribution in [0.5, 0.6) is 0 Å². The van der Waals surface area contributed by atoms with Crippen molar-refractivity contribution in [1.82, 2.24) is 4.57 Å². The zero-order valence-electron chi connectivity index (χ0n) is 16.9. The van der Waals surface area contributed by atoms with Crippen LogP contribution in [0.2, 0.25) is 0 Å². The zero-order valence-corrected chi connectivity index (χ0v) is 16.9. The number of aliphatic carboxylic acids is 1. The van der Waals surface area contributed by atoms with E-state index in [1.165, 1.54) is 16.6 Å². The molecule has 0 amide bonds. The van der Waals surface area contributed by atoms with Crippen LogP contribution in [0.3, 0.4) is 0 Å². The minimum absolute atomic E-state index is 0.222. The van der Waals surface area contributed by atoms with Gasteiger partial charge in [-0.3, -0.25) is 4.79 Å². The molecule has 0 aliphatic carbocycles. The Kier molecular flexibility index (Phi) is 9.00. The maximum Gasteiger partial charge on any atom is 0.303 e. The maximum atomic E-state index is 9.37. The molecule has 144 valence electrons. The van der Waals surface area contributed by atoms with E-state index in [1.807, 2.05) is 45.2 Å². The van der Waals surface area contributed by atoms with Gasteiger partial charge in [0.1, 0.15) is 0 Å². The van der Waals surface area contributed by atoms with Crippen molar-refractivity contribution in [3.63, 3.8) is 0 Å². The average molecular weight is 367 g/mol. The summed E-state index contributed by atoms with van der Waals surface area (Å²) in [5.74, 6) is -0.745. The monoisotopic (exact) mass is 366 g/mol. The van der Waals surface area contributed by atoms with Crippen LogP contribution in [-0.2, 0) is 18.3 Å². The van der Waals surface area contributed by atoms with Crippen LogP contribution < -0.4 is 0 Å². The molecular weight excluding hydrogens is 336 g/mol. The van der Waals surface area contributed by atoms with Crippen LogP contribution in [0.4, 0.5) is 0 Å². The summed E-state index contributed by atoms with van der Waals surface area (Å²) in [6.07, 6.45) is 2.96. The minimum atomic E-state index is -0.745. The highest BCUT2D eigenvalue weighted by Gasteiger charge is 2.11. The molecule has 0 bridgehead atoms. The SMILES string of the molecule is CC.CCC(=O)O.Cc1ccccc1CC(=N)c1cn(C)c2ccccc12. The van der Waals surface area contributed by atoms with Crippen molar-refractivity contribution in [2.45, 2.75) is 40.5 Å². The summed E-state index contributed by atoms with van der Waals surface area (Å²) < 4.78 is 2.09. The largest absolute Gasteiger partial charge is 0.481 e. The van der Waals surface area contributed by atoms with Crippen LogP contribution in [0.25, 0.3) is 10.9 Å². The molecule has 0 unspecified atom stereocenters. The fraction of sp³-hybridized carbons (Fsp3) is 0.304. The summed E-state index contributed by atoms with van der Waals surface area (Å²) in [5.41, 5.74) is 5.36. The van der Waals surface area contributed by atoms with E-state index >= 15 is 0 Å². The first-order valence-corrected chi connectivity index (χ1v) is 9.32. The third-order valence-electron chi connectivity index (χ3n) is 4.15. The highest BCUT2D eigenvalue weighted by atomic mass is 16.4. The third kappa shape index (κ3) is 6.10. The Bertz CT molecular complexity index is 894. The number of hydrogen-bond donors (Lipinski definition) is 2. The molecule has 1 aromatic heterocycles. The Hall–Kier alpha value is -2.88. The Labute approximate surface area is 162 Å². The number of carboxylic acids is 1. The van der Waals surface area contributed by atoms with E-state index < -0.39 is 5.97 Å². The number of nitrogens with zero attached hydrogens (tertiary/aromatic N) is 1. The van der Waals surface area contributed by atoms with E-state index in [4.69, 9.17) is 10.5 Å². The van der Waals surface area contributed by atoms with E-state index in [1.54, 1.807) is 6.92 Å². The Morgan fingerprint density at radius 1 is 1.07 bits per heavy atom. The molecule has 1 heterocycles. The van der Waals surface area contributed by atoms with Gasteiger partial charge in [0.05, 0.1) is 0 Å². The zero-order chi connectivity index (χ0) is 20.4. The van der Waals surface area contributed by atoms with Gasteiger partial charge in [0.15, 0.2) is 0 Å². The Balaban J connectivity index is 0.000000454. The predicted molar refractivity (Wildman–Crippen MR) is 114 cm³/mol. The average Bonchev–Trinajstić information content (AvgIpc) is 3.03. The number of aromatic nitrogens is 1. The third-order valence-corrected chi connectivity index (χ3v) is 4.15. The van der Waals surface area contributed by atoms with Gasteiger partial charge in [-0.25, -0.2) is 0 Å². The van der Waals surface area contributed by atoms with Crippen molar-refractivity contribution >= 4 is 22.6 Å². The quantitative estimate of drug-likeness (QED) is 0.590. The van der Waals surface area contributed by atoms with E-state index in [2.05, 4.69) is 42.0 Å². The van der Waals surface area contributed by atoms with Crippen LogP contribution in [0.15, 0.2) is 54.7 Å². The summed E-state index contributed by atoms with van der Waals surface area (Å²) in [5, 5.41) is 17.3. The molecule has 0 saturated heterocycles. The fourth-order valence-corrected chi connectivity index (χ4v) is 2.68. The van der Waals surface area contributed by atoms with E-state index in [0.717, 1.165) is 10.9 Å². The first-order chi connectivity index (χ1) is 12.9. The van der Waals surface area contributed by atoms with Crippen LogP contribution in [-0.4, -0.2) is 21.4 Å². The summed E-state index contributed by atoms with van der Waals surface area (Å²) in [4.78, 5) is 9.37. The summed E-state index contributed by atoms with van der Waals surface area (Å²) in [6, 6.07) is 16.6. The molecule has 3 rings (SSSR count). The number of hydrogen-bond acceptors (Lipinski definition) is 2. The summed E-state index contributed by atoms with van der Waals surface area (Å²) in [6.45, 7) is 7.70. The molecule has 2 aromatic carbocycles. The fourth-order valence-electron chi connectivity index (χ4n) is 2.68. The van der Waals surface area contributed by atoms with Gasteiger partial charge in [-0.1, -0.05) is 63.2 Å². The lowest BCUT2D eigenvalue weighted by atomic mass is 9.99. The number of fused-ring (bicyclic) bond motifs is 1. The number of carboxylic acid groups (broad SMARTS) is 1. The van der Waals surface area contributed by atoms with E-state index in [-0.39, 0.29) is 6.42 Å². The van der Waals surface area contributed by atoms with Gasteiger partial charge in [-0.05, 0) is 24.1 Å².